The van der Waals surface area contributed by atoms with Gasteiger partial charge in [-0.05, 0) is 44.0 Å². The largest absolute Gasteiger partial charge is 0.494 e. The summed E-state index contributed by atoms with van der Waals surface area (Å²) in [5, 5.41) is 2.99. The Kier molecular flexibility index (Phi) is 5.51. The van der Waals surface area contributed by atoms with Crippen molar-refractivity contribution in [3.63, 3.8) is 0 Å². The molecular weight excluding hydrogens is 292 g/mol. The van der Waals surface area contributed by atoms with Gasteiger partial charge in [0.1, 0.15) is 5.75 Å². The van der Waals surface area contributed by atoms with Gasteiger partial charge in [-0.3, -0.25) is 9.69 Å². The van der Waals surface area contributed by atoms with E-state index in [0.29, 0.717) is 24.8 Å². The minimum absolute atomic E-state index is 0.0703. The summed E-state index contributed by atoms with van der Waals surface area (Å²) in [6.45, 7) is 6.16. The number of amides is 1. The fourth-order valence-electron chi connectivity index (χ4n) is 3.26. The topological polar surface area (TPSA) is 50.8 Å². The molecule has 5 heteroatoms. The molecule has 0 aliphatic carbocycles. The standard InChI is InChI=1S/C18H26N2O3/c1-2-9-22-16-7-3-5-14(10-16)18(21)19-11-17-12-20-8-4-6-15(20)13-23-17/h3,5,7,10,15,17H,2,4,6,8-9,11-13H2,1H3,(H,19,21)/t15-,17+/m0/s1. The van der Waals surface area contributed by atoms with E-state index in [1.807, 2.05) is 18.2 Å². The molecule has 1 aromatic rings. The van der Waals surface area contributed by atoms with Crippen molar-refractivity contribution in [3.05, 3.63) is 29.8 Å². The highest BCUT2D eigenvalue weighted by Crippen LogP contribution is 2.22. The van der Waals surface area contributed by atoms with Crippen molar-refractivity contribution >= 4 is 5.91 Å². The van der Waals surface area contributed by atoms with E-state index in [0.717, 1.165) is 31.9 Å². The van der Waals surface area contributed by atoms with Crippen LogP contribution < -0.4 is 10.1 Å². The molecule has 0 spiro atoms. The first kappa shape index (κ1) is 16.3. The van der Waals surface area contributed by atoms with Crippen molar-refractivity contribution in [2.75, 3.05) is 32.8 Å². The molecule has 0 radical (unpaired) electrons. The van der Waals surface area contributed by atoms with Gasteiger partial charge in [0.2, 0.25) is 0 Å². The van der Waals surface area contributed by atoms with E-state index in [4.69, 9.17) is 9.47 Å². The predicted molar refractivity (Wildman–Crippen MR) is 88.9 cm³/mol. The van der Waals surface area contributed by atoms with Crippen LogP contribution in [-0.4, -0.2) is 55.8 Å². The zero-order chi connectivity index (χ0) is 16.1. The van der Waals surface area contributed by atoms with Crippen molar-refractivity contribution in [1.29, 1.82) is 0 Å². The Labute approximate surface area is 137 Å². The van der Waals surface area contributed by atoms with Gasteiger partial charge in [-0.1, -0.05) is 13.0 Å². The van der Waals surface area contributed by atoms with Gasteiger partial charge >= 0.3 is 0 Å². The lowest BCUT2D eigenvalue weighted by Crippen LogP contribution is -2.50. The zero-order valence-corrected chi connectivity index (χ0v) is 13.8. The van der Waals surface area contributed by atoms with Crippen molar-refractivity contribution in [2.24, 2.45) is 0 Å². The lowest BCUT2D eigenvalue weighted by Gasteiger charge is -2.35. The third kappa shape index (κ3) is 4.24. The summed E-state index contributed by atoms with van der Waals surface area (Å²) in [7, 11) is 0. The molecule has 0 unspecified atom stereocenters. The number of hydrogen-bond acceptors (Lipinski definition) is 4. The van der Waals surface area contributed by atoms with Gasteiger partial charge in [0.25, 0.3) is 5.91 Å². The van der Waals surface area contributed by atoms with Crippen molar-refractivity contribution < 1.29 is 14.3 Å². The highest BCUT2D eigenvalue weighted by atomic mass is 16.5. The molecule has 2 fully saturated rings. The highest BCUT2D eigenvalue weighted by molar-refractivity contribution is 5.94. The van der Waals surface area contributed by atoms with Gasteiger partial charge in [0, 0.05) is 24.7 Å². The lowest BCUT2D eigenvalue weighted by molar-refractivity contribution is -0.0461. The third-order valence-electron chi connectivity index (χ3n) is 4.52. The van der Waals surface area contributed by atoms with E-state index in [1.165, 1.54) is 12.8 Å². The molecular formula is C18H26N2O3. The van der Waals surface area contributed by atoms with Crippen LogP contribution in [0.15, 0.2) is 24.3 Å². The van der Waals surface area contributed by atoms with Gasteiger partial charge in [0.15, 0.2) is 0 Å². The average Bonchev–Trinajstić information content (AvgIpc) is 3.05. The lowest BCUT2D eigenvalue weighted by atomic mass is 10.1. The van der Waals surface area contributed by atoms with Gasteiger partial charge in [-0.15, -0.1) is 0 Å². The number of morpholine rings is 1. The number of ether oxygens (including phenoxy) is 2. The van der Waals surface area contributed by atoms with E-state index in [2.05, 4.69) is 17.1 Å². The van der Waals surface area contributed by atoms with Crippen LogP contribution in [0.1, 0.15) is 36.5 Å². The Hall–Kier alpha value is -1.59. The van der Waals surface area contributed by atoms with Gasteiger partial charge < -0.3 is 14.8 Å². The second-order valence-electron chi connectivity index (χ2n) is 6.33. The van der Waals surface area contributed by atoms with E-state index in [9.17, 15) is 4.79 Å². The maximum Gasteiger partial charge on any atom is 0.251 e. The summed E-state index contributed by atoms with van der Waals surface area (Å²) < 4.78 is 11.5. The molecule has 1 amide bonds. The van der Waals surface area contributed by atoms with E-state index < -0.39 is 0 Å². The number of fused-ring (bicyclic) bond motifs is 1. The number of rotatable bonds is 6. The molecule has 0 bridgehead atoms. The fraction of sp³-hybridized carbons (Fsp3) is 0.611. The Morgan fingerprint density at radius 1 is 1.48 bits per heavy atom. The molecule has 23 heavy (non-hydrogen) atoms. The molecule has 2 heterocycles. The maximum absolute atomic E-state index is 12.3. The van der Waals surface area contributed by atoms with Crippen molar-refractivity contribution in [1.82, 2.24) is 10.2 Å². The van der Waals surface area contributed by atoms with Crippen LogP contribution in [0.2, 0.25) is 0 Å². The summed E-state index contributed by atoms with van der Waals surface area (Å²) in [4.78, 5) is 14.8. The van der Waals surface area contributed by atoms with Gasteiger partial charge in [-0.25, -0.2) is 0 Å². The molecule has 2 saturated heterocycles. The first-order valence-corrected chi connectivity index (χ1v) is 8.63. The minimum atomic E-state index is -0.0703. The Balaban J connectivity index is 1.49. The van der Waals surface area contributed by atoms with E-state index in [-0.39, 0.29) is 12.0 Å². The third-order valence-corrected chi connectivity index (χ3v) is 4.52. The predicted octanol–water partition coefficient (Wildman–Crippen LogP) is 2.07. The molecule has 2 aliphatic rings. The number of hydrogen-bond donors (Lipinski definition) is 1. The summed E-state index contributed by atoms with van der Waals surface area (Å²) in [5.41, 5.74) is 0.633. The monoisotopic (exact) mass is 318 g/mol. The molecule has 0 aromatic heterocycles. The Bertz CT molecular complexity index is 535. The molecule has 5 nitrogen and oxygen atoms in total. The van der Waals surface area contributed by atoms with Crippen LogP contribution in [0.5, 0.6) is 5.75 Å². The van der Waals surface area contributed by atoms with Crippen LogP contribution in [0.25, 0.3) is 0 Å². The number of carbonyl (C=O) groups excluding carboxylic acids is 1. The van der Waals surface area contributed by atoms with Crippen molar-refractivity contribution in [3.8, 4) is 5.75 Å². The van der Waals surface area contributed by atoms with Crippen LogP contribution >= 0.6 is 0 Å². The first-order valence-electron chi connectivity index (χ1n) is 8.63. The first-order chi connectivity index (χ1) is 11.3. The van der Waals surface area contributed by atoms with Gasteiger partial charge in [0.05, 0.1) is 19.3 Å². The molecule has 2 aliphatic heterocycles. The normalized spacial score (nSPS) is 24.2. The average molecular weight is 318 g/mol. The van der Waals surface area contributed by atoms with Gasteiger partial charge in [-0.2, -0.15) is 0 Å². The summed E-state index contributed by atoms with van der Waals surface area (Å²) in [6.07, 6.45) is 3.54. The highest BCUT2D eigenvalue weighted by Gasteiger charge is 2.32. The minimum Gasteiger partial charge on any atom is -0.494 e. The number of nitrogens with one attached hydrogen (secondary N) is 1. The molecule has 1 N–H and O–H groups in total. The van der Waals surface area contributed by atoms with E-state index in [1.54, 1.807) is 6.07 Å². The van der Waals surface area contributed by atoms with Crippen LogP contribution in [-0.2, 0) is 4.74 Å². The van der Waals surface area contributed by atoms with Crippen LogP contribution in [0, 0.1) is 0 Å². The van der Waals surface area contributed by atoms with Crippen molar-refractivity contribution in [2.45, 2.75) is 38.3 Å². The number of benzene rings is 1. The zero-order valence-electron chi connectivity index (χ0n) is 13.8. The Morgan fingerprint density at radius 2 is 2.39 bits per heavy atom. The molecule has 2 atom stereocenters. The molecule has 3 rings (SSSR count). The number of carbonyl (C=O) groups is 1. The smallest absolute Gasteiger partial charge is 0.251 e. The Morgan fingerprint density at radius 3 is 3.26 bits per heavy atom. The molecule has 0 saturated carbocycles. The summed E-state index contributed by atoms with van der Waals surface area (Å²) in [5.74, 6) is 0.674. The quantitative estimate of drug-likeness (QED) is 0.872. The molecule has 1 aromatic carbocycles. The van der Waals surface area contributed by atoms with Crippen LogP contribution in [0.3, 0.4) is 0 Å². The fourth-order valence-corrected chi connectivity index (χ4v) is 3.26. The SMILES string of the molecule is CCCOc1cccc(C(=O)NC[C@@H]2CN3CCC[C@H]3CO2)c1. The maximum atomic E-state index is 12.3. The van der Waals surface area contributed by atoms with Crippen LogP contribution in [0.4, 0.5) is 0 Å². The van der Waals surface area contributed by atoms with E-state index >= 15 is 0 Å². The second-order valence-corrected chi connectivity index (χ2v) is 6.33. The summed E-state index contributed by atoms with van der Waals surface area (Å²) >= 11 is 0. The number of nitrogens with zero attached hydrogens (tertiary/aromatic N) is 1. The summed E-state index contributed by atoms with van der Waals surface area (Å²) in [6, 6.07) is 7.93. The second kappa shape index (κ2) is 7.79. The molecule has 126 valence electrons.